The number of nitrogens with one attached hydrogen (secondary N) is 1. The number of carbonyl (C=O) groups is 1. The Labute approximate surface area is 157 Å². The van der Waals surface area contributed by atoms with Crippen molar-refractivity contribution in [3.63, 3.8) is 0 Å². The second kappa shape index (κ2) is 8.91. The third-order valence-corrected chi connectivity index (χ3v) is 5.30. The van der Waals surface area contributed by atoms with Gasteiger partial charge in [-0.1, -0.05) is 12.1 Å². The summed E-state index contributed by atoms with van der Waals surface area (Å²) in [5.41, 5.74) is 0.597. The van der Waals surface area contributed by atoms with Crippen molar-refractivity contribution in [1.29, 1.82) is 0 Å². The molecule has 1 aliphatic heterocycles. The number of nitrogens with zero attached hydrogens (tertiary/aromatic N) is 1. The lowest BCUT2D eigenvalue weighted by Gasteiger charge is -2.34. The van der Waals surface area contributed by atoms with Crippen molar-refractivity contribution in [3.05, 3.63) is 40.6 Å². The van der Waals surface area contributed by atoms with Crippen LogP contribution in [0.4, 0.5) is 10.5 Å². The van der Waals surface area contributed by atoms with Crippen molar-refractivity contribution in [2.75, 3.05) is 32.8 Å². The number of ether oxygens (including phenoxy) is 3. The number of urea groups is 1. The molecule has 1 fully saturated rings. The van der Waals surface area contributed by atoms with Crippen molar-refractivity contribution in [2.45, 2.75) is 25.4 Å². The maximum Gasteiger partial charge on any atom is 0.322 e. The number of hydrogen-bond donors (Lipinski definition) is 1. The van der Waals surface area contributed by atoms with Gasteiger partial charge in [-0.25, -0.2) is 4.79 Å². The highest BCUT2D eigenvalue weighted by Gasteiger charge is 2.27. The summed E-state index contributed by atoms with van der Waals surface area (Å²) in [6.45, 7) is 1.95. The molecule has 2 heterocycles. The normalized spacial score (nSPS) is 14.7. The summed E-state index contributed by atoms with van der Waals surface area (Å²) >= 11 is 1.66. The fraction of sp³-hybridized carbons (Fsp3) is 0.421. The lowest BCUT2D eigenvalue weighted by molar-refractivity contribution is 0.0462. The van der Waals surface area contributed by atoms with Gasteiger partial charge in [-0.3, -0.25) is 0 Å². The van der Waals surface area contributed by atoms with Gasteiger partial charge in [-0.2, -0.15) is 0 Å². The number of carbonyl (C=O) groups excluding carboxylic acids is 1. The van der Waals surface area contributed by atoms with E-state index in [-0.39, 0.29) is 12.1 Å². The Bertz CT molecular complexity index is 714. The first kappa shape index (κ1) is 18.5. The maximum absolute atomic E-state index is 13.1. The Morgan fingerprint density at radius 1 is 1.23 bits per heavy atom. The summed E-state index contributed by atoms with van der Waals surface area (Å²) in [4.78, 5) is 16.1. The van der Waals surface area contributed by atoms with Crippen LogP contribution in [0.3, 0.4) is 0 Å². The Balaban J connectivity index is 1.81. The lowest BCUT2D eigenvalue weighted by Crippen LogP contribution is -2.45. The van der Waals surface area contributed by atoms with Crippen LogP contribution in [-0.4, -0.2) is 44.4 Å². The molecule has 1 N–H and O–H groups in total. The van der Waals surface area contributed by atoms with Gasteiger partial charge in [0.05, 0.1) is 26.5 Å². The molecule has 1 aromatic carbocycles. The van der Waals surface area contributed by atoms with Crippen molar-refractivity contribution in [2.24, 2.45) is 0 Å². The van der Waals surface area contributed by atoms with E-state index in [9.17, 15) is 4.79 Å². The number of benzene rings is 1. The Hall–Kier alpha value is -2.25. The quantitative estimate of drug-likeness (QED) is 0.828. The summed E-state index contributed by atoms with van der Waals surface area (Å²) in [7, 11) is 3.14. The highest BCUT2D eigenvalue weighted by molar-refractivity contribution is 7.09. The molecular formula is C19H24N2O4S. The van der Waals surface area contributed by atoms with E-state index in [2.05, 4.69) is 11.4 Å². The van der Waals surface area contributed by atoms with Crippen LogP contribution in [0.1, 0.15) is 17.7 Å². The molecule has 0 bridgehead atoms. The maximum atomic E-state index is 13.1. The fourth-order valence-electron chi connectivity index (χ4n) is 3.11. The molecule has 7 heteroatoms. The monoisotopic (exact) mass is 376 g/mol. The molecule has 0 unspecified atom stereocenters. The van der Waals surface area contributed by atoms with E-state index in [0.29, 0.717) is 36.9 Å². The first-order chi connectivity index (χ1) is 12.7. The first-order valence-corrected chi connectivity index (χ1v) is 9.49. The molecule has 2 amide bonds. The first-order valence-electron chi connectivity index (χ1n) is 8.61. The second-order valence-electron chi connectivity index (χ2n) is 6.02. The molecule has 6 nitrogen and oxygen atoms in total. The predicted molar refractivity (Wildman–Crippen MR) is 102 cm³/mol. The molecule has 0 aliphatic carbocycles. The van der Waals surface area contributed by atoms with Crippen molar-refractivity contribution >= 4 is 23.1 Å². The van der Waals surface area contributed by atoms with Crippen molar-refractivity contribution in [1.82, 2.24) is 4.90 Å². The van der Waals surface area contributed by atoms with Crippen LogP contribution in [0.25, 0.3) is 0 Å². The summed E-state index contributed by atoms with van der Waals surface area (Å²) in [5, 5.41) is 5.02. The summed E-state index contributed by atoms with van der Waals surface area (Å²) in [6.07, 6.45) is 1.68. The number of hydrogen-bond acceptors (Lipinski definition) is 5. The van der Waals surface area contributed by atoms with E-state index in [0.717, 1.165) is 17.7 Å². The highest BCUT2D eigenvalue weighted by atomic mass is 32.1. The van der Waals surface area contributed by atoms with Gasteiger partial charge in [0.25, 0.3) is 0 Å². The van der Waals surface area contributed by atoms with Crippen LogP contribution < -0.4 is 14.8 Å². The number of anilines is 1. The zero-order valence-corrected chi connectivity index (χ0v) is 15.9. The number of amides is 2. The second-order valence-corrected chi connectivity index (χ2v) is 7.05. The molecule has 0 spiro atoms. The van der Waals surface area contributed by atoms with Gasteiger partial charge in [-0.15, -0.1) is 11.3 Å². The minimum absolute atomic E-state index is 0.142. The third kappa shape index (κ3) is 4.28. The number of thiophene rings is 1. The zero-order chi connectivity index (χ0) is 18.4. The molecular weight excluding hydrogens is 352 g/mol. The summed E-state index contributed by atoms with van der Waals surface area (Å²) < 4.78 is 16.2. The van der Waals surface area contributed by atoms with Crippen LogP contribution in [-0.2, 0) is 11.3 Å². The SMILES string of the molecule is COc1cccc(NC(=O)N(Cc2cccs2)C2CCOCC2)c1OC. The van der Waals surface area contributed by atoms with Gasteiger partial charge in [0.1, 0.15) is 0 Å². The van der Waals surface area contributed by atoms with Crippen LogP contribution in [0.2, 0.25) is 0 Å². The Morgan fingerprint density at radius 3 is 2.69 bits per heavy atom. The van der Waals surface area contributed by atoms with Gasteiger partial charge in [0.15, 0.2) is 11.5 Å². The van der Waals surface area contributed by atoms with Gasteiger partial charge >= 0.3 is 6.03 Å². The van der Waals surface area contributed by atoms with Gasteiger partial charge in [-0.05, 0) is 36.4 Å². The average Bonchev–Trinajstić information content (AvgIpc) is 3.19. The van der Waals surface area contributed by atoms with Gasteiger partial charge < -0.3 is 24.4 Å². The van der Waals surface area contributed by atoms with E-state index in [1.165, 1.54) is 0 Å². The summed E-state index contributed by atoms with van der Waals surface area (Å²) in [5.74, 6) is 1.10. The van der Waals surface area contributed by atoms with Crippen molar-refractivity contribution in [3.8, 4) is 11.5 Å². The van der Waals surface area contributed by atoms with E-state index in [1.807, 2.05) is 28.5 Å². The van der Waals surface area contributed by atoms with Gasteiger partial charge in [0, 0.05) is 24.1 Å². The standard InChI is InChI=1S/C19H24N2O4S/c1-23-17-7-3-6-16(18(17)24-2)20-19(22)21(13-15-5-4-12-26-15)14-8-10-25-11-9-14/h3-7,12,14H,8-11,13H2,1-2H3,(H,20,22). The van der Waals surface area contributed by atoms with Crippen LogP contribution >= 0.6 is 11.3 Å². The minimum Gasteiger partial charge on any atom is -0.493 e. The van der Waals surface area contributed by atoms with Crippen LogP contribution in [0.5, 0.6) is 11.5 Å². The van der Waals surface area contributed by atoms with E-state index >= 15 is 0 Å². The molecule has 0 radical (unpaired) electrons. The number of rotatable bonds is 6. The molecule has 1 aromatic heterocycles. The van der Waals surface area contributed by atoms with Crippen LogP contribution in [0, 0.1) is 0 Å². The molecule has 0 saturated carbocycles. The minimum atomic E-state index is -0.142. The third-order valence-electron chi connectivity index (χ3n) is 4.44. The molecule has 3 rings (SSSR count). The fourth-order valence-corrected chi connectivity index (χ4v) is 3.81. The Morgan fingerprint density at radius 2 is 2.04 bits per heavy atom. The van der Waals surface area contributed by atoms with Gasteiger partial charge in [0.2, 0.25) is 0 Å². The molecule has 1 aliphatic rings. The van der Waals surface area contributed by atoms with Crippen molar-refractivity contribution < 1.29 is 19.0 Å². The molecule has 26 heavy (non-hydrogen) atoms. The topological polar surface area (TPSA) is 60.0 Å². The lowest BCUT2D eigenvalue weighted by atomic mass is 10.1. The average molecular weight is 376 g/mol. The summed E-state index contributed by atoms with van der Waals surface area (Å²) in [6, 6.07) is 9.51. The van der Waals surface area contributed by atoms with Crippen LogP contribution in [0.15, 0.2) is 35.7 Å². The molecule has 1 saturated heterocycles. The van der Waals surface area contributed by atoms with E-state index < -0.39 is 0 Å². The predicted octanol–water partition coefficient (Wildman–Crippen LogP) is 3.98. The number of methoxy groups -OCH3 is 2. The molecule has 2 aromatic rings. The van der Waals surface area contributed by atoms with E-state index in [1.54, 1.807) is 31.6 Å². The van der Waals surface area contributed by atoms with E-state index in [4.69, 9.17) is 14.2 Å². The highest BCUT2D eigenvalue weighted by Crippen LogP contribution is 2.35. The molecule has 140 valence electrons. The Kier molecular flexibility index (Phi) is 6.35. The molecule has 0 atom stereocenters. The largest absolute Gasteiger partial charge is 0.493 e. The smallest absolute Gasteiger partial charge is 0.322 e. The zero-order valence-electron chi connectivity index (χ0n) is 15.1. The number of para-hydroxylation sites is 1.